The summed E-state index contributed by atoms with van der Waals surface area (Å²) in [7, 11) is -3.86. The monoisotopic (exact) mass is 677 g/mol. The van der Waals surface area contributed by atoms with Crippen LogP contribution in [0.1, 0.15) is 45.9 Å². The smallest absolute Gasteiger partial charge is 0.268 e. The molecule has 5 aromatic carbocycles. The first-order valence-electron chi connectivity index (χ1n) is 16.8. The van der Waals surface area contributed by atoms with Gasteiger partial charge in [0.2, 0.25) is 0 Å². The lowest BCUT2D eigenvalue weighted by Gasteiger charge is -2.21. The SMILES string of the molecule is Cc1ccc(S(=O)(=O)n2cc(Cc3cc4ccccc4s3)c3c4c(ccc32)C(c2c(-c3ccccc3)[nH]c3ccccc23)CCCN4)cc1. The van der Waals surface area contributed by atoms with Gasteiger partial charge >= 0.3 is 0 Å². The van der Waals surface area contributed by atoms with Gasteiger partial charge < -0.3 is 10.3 Å². The van der Waals surface area contributed by atoms with Crippen LogP contribution in [0.4, 0.5) is 5.69 Å². The Hall–Kier alpha value is -5.11. The molecule has 3 aromatic heterocycles. The van der Waals surface area contributed by atoms with Crippen LogP contribution >= 0.6 is 11.3 Å². The molecule has 4 heterocycles. The Morgan fingerprint density at radius 1 is 0.857 bits per heavy atom. The Morgan fingerprint density at radius 3 is 2.47 bits per heavy atom. The molecule has 1 aliphatic rings. The molecule has 0 bridgehead atoms. The minimum atomic E-state index is -3.86. The Kier molecular flexibility index (Phi) is 7.22. The van der Waals surface area contributed by atoms with Gasteiger partial charge in [-0.25, -0.2) is 12.4 Å². The van der Waals surface area contributed by atoms with Crippen molar-refractivity contribution in [1.82, 2.24) is 8.96 Å². The summed E-state index contributed by atoms with van der Waals surface area (Å²) in [5.41, 5.74) is 9.69. The van der Waals surface area contributed by atoms with E-state index in [0.29, 0.717) is 11.9 Å². The number of thiophene rings is 1. The predicted molar refractivity (Wildman–Crippen MR) is 204 cm³/mol. The van der Waals surface area contributed by atoms with Crippen LogP contribution in [0.15, 0.2) is 132 Å². The van der Waals surface area contributed by atoms with Crippen LogP contribution in [0, 0.1) is 6.92 Å². The maximum absolute atomic E-state index is 14.3. The third-order valence-corrected chi connectivity index (χ3v) is 12.8. The first-order valence-corrected chi connectivity index (χ1v) is 19.1. The third kappa shape index (κ3) is 5.07. The topological polar surface area (TPSA) is 66.9 Å². The maximum atomic E-state index is 14.3. The van der Waals surface area contributed by atoms with Gasteiger partial charge in [-0.15, -0.1) is 11.3 Å². The second-order valence-electron chi connectivity index (χ2n) is 13.1. The van der Waals surface area contributed by atoms with Gasteiger partial charge in [-0.05, 0) is 83.8 Å². The van der Waals surface area contributed by atoms with E-state index in [2.05, 4.69) is 101 Å². The van der Waals surface area contributed by atoms with Gasteiger partial charge in [0.15, 0.2) is 0 Å². The zero-order valence-corrected chi connectivity index (χ0v) is 28.7. The fourth-order valence-corrected chi connectivity index (χ4v) is 10.1. The molecule has 8 aromatic rings. The lowest BCUT2D eigenvalue weighted by atomic mass is 9.83. The normalized spacial score (nSPS) is 15.0. The van der Waals surface area contributed by atoms with Crippen molar-refractivity contribution in [2.24, 2.45) is 0 Å². The van der Waals surface area contributed by atoms with Gasteiger partial charge in [0.1, 0.15) is 0 Å². The number of hydrogen-bond acceptors (Lipinski definition) is 4. The molecular weight excluding hydrogens is 643 g/mol. The average molecular weight is 678 g/mol. The number of fused-ring (bicyclic) bond motifs is 5. The molecule has 1 atom stereocenters. The van der Waals surface area contributed by atoms with Crippen LogP contribution in [0.3, 0.4) is 0 Å². The van der Waals surface area contributed by atoms with Crippen molar-refractivity contribution in [1.29, 1.82) is 0 Å². The molecule has 9 rings (SSSR count). The summed E-state index contributed by atoms with van der Waals surface area (Å²) >= 11 is 1.77. The van der Waals surface area contributed by atoms with Gasteiger partial charge in [0.25, 0.3) is 10.0 Å². The molecule has 2 N–H and O–H groups in total. The van der Waals surface area contributed by atoms with Gasteiger partial charge in [-0.3, -0.25) is 0 Å². The number of aromatic amines is 1. The molecule has 0 amide bonds. The lowest BCUT2D eigenvalue weighted by Crippen LogP contribution is -2.12. The number of anilines is 1. The molecule has 49 heavy (non-hydrogen) atoms. The summed E-state index contributed by atoms with van der Waals surface area (Å²) in [6.07, 6.45) is 4.47. The van der Waals surface area contributed by atoms with Crippen LogP contribution < -0.4 is 5.32 Å². The fraction of sp³-hybridized carbons (Fsp3) is 0.143. The second kappa shape index (κ2) is 11.8. The van der Waals surface area contributed by atoms with Gasteiger partial charge in [-0.1, -0.05) is 90.5 Å². The molecular formula is C42H35N3O2S2. The Morgan fingerprint density at radius 2 is 1.63 bits per heavy atom. The average Bonchev–Trinajstić information content (AvgIpc) is 3.78. The van der Waals surface area contributed by atoms with E-state index in [0.717, 1.165) is 58.4 Å². The van der Waals surface area contributed by atoms with E-state index in [4.69, 9.17) is 0 Å². The van der Waals surface area contributed by atoms with E-state index >= 15 is 0 Å². The minimum Gasteiger partial charge on any atom is -0.384 e. The lowest BCUT2D eigenvalue weighted by molar-refractivity contribution is 0.589. The van der Waals surface area contributed by atoms with E-state index in [9.17, 15) is 8.42 Å². The molecule has 5 nitrogen and oxygen atoms in total. The number of rotatable bonds is 6. The quantitative estimate of drug-likeness (QED) is 0.184. The number of benzene rings is 5. The van der Waals surface area contributed by atoms with E-state index in [-0.39, 0.29) is 10.8 Å². The first-order chi connectivity index (χ1) is 24.0. The van der Waals surface area contributed by atoms with Crippen molar-refractivity contribution >= 4 is 58.9 Å². The van der Waals surface area contributed by atoms with E-state index < -0.39 is 10.0 Å². The van der Waals surface area contributed by atoms with E-state index in [1.807, 2.05) is 31.3 Å². The van der Waals surface area contributed by atoms with Crippen molar-refractivity contribution in [3.8, 4) is 11.3 Å². The first kappa shape index (κ1) is 30.0. The molecule has 0 spiro atoms. The largest absolute Gasteiger partial charge is 0.384 e. The molecule has 0 saturated heterocycles. The highest BCUT2D eigenvalue weighted by atomic mass is 32.2. The van der Waals surface area contributed by atoms with Crippen molar-refractivity contribution in [3.63, 3.8) is 0 Å². The number of aryl methyl sites for hydroxylation is 1. The Bertz CT molecular complexity index is 2580. The zero-order valence-electron chi connectivity index (χ0n) is 27.1. The number of aromatic nitrogens is 2. The molecule has 242 valence electrons. The van der Waals surface area contributed by atoms with Crippen LogP contribution in [-0.4, -0.2) is 23.9 Å². The van der Waals surface area contributed by atoms with Crippen molar-refractivity contribution in [2.75, 3.05) is 11.9 Å². The Labute approximate surface area is 289 Å². The summed E-state index contributed by atoms with van der Waals surface area (Å²) in [6.45, 7) is 2.78. The molecule has 0 saturated carbocycles. The third-order valence-electron chi connectivity index (χ3n) is 9.97. The fourth-order valence-electron chi connectivity index (χ4n) is 7.67. The number of nitrogens with zero attached hydrogens (tertiary/aromatic N) is 1. The van der Waals surface area contributed by atoms with Crippen LogP contribution in [0.5, 0.6) is 0 Å². The second-order valence-corrected chi connectivity index (χ2v) is 16.0. The number of hydrogen-bond donors (Lipinski definition) is 2. The highest BCUT2D eigenvalue weighted by Crippen LogP contribution is 2.47. The van der Waals surface area contributed by atoms with Crippen molar-refractivity contribution in [2.45, 2.75) is 37.0 Å². The summed E-state index contributed by atoms with van der Waals surface area (Å²) in [4.78, 5) is 5.26. The number of H-pyrrole nitrogens is 1. The number of nitrogens with one attached hydrogen (secondary N) is 2. The molecule has 1 unspecified atom stereocenters. The standard InChI is InChI=1S/C42H35N3O2S2/c1-27-17-19-32(20-18-27)49(46,47)45-26-30(25-31-24-29-12-5-8-16-38(29)48-31)39-37(45)22-21-34-33(14-9-23-43-42(34)39)40-35-13-6-7-15-36(35)44-41(40)28-10-3-2-4-11-28/h2-8,10-13,15-22,24,26,33,43-44H,9,14,23,25H2,1H3. The number of para-hydroxylation sites is 1. The maximum Gasteiger partial charge on any atom is 0.268 e. The van der Waals surface area contributed by atoms with Gasteiger partial charge in [0, 0.05) is 56.6 Å². The van der Waals surface area contributed by atoms with E-state index in [1.165, 1.54) is 35.4 Å². The molecule has 0 radical (unpaired) electrons. The summed E-state index contributed by atoms with van der Waals surface area (Å²) in [5.74, 6) is 0.106. The van der Waals surface area contributed by atoms with Crippen LogP contribution in [-0.2, 0) is 16.4 Å². The van der Waals surface area contributed by atoms with Crippen molar-refractivity contribution in [3.05, 3.63) is 155 Å². The summed E-state index contributed by atoms with van der Waals surface area (Å²) in [6, 6.07) is 41.2. The highest BCUT2D eigenvalue weighted by Gasteiger charge is 2.30. The van der Waals surface area contributed by atoms with Crippen LogP contribution in [0.25, 0.3) is 43.1 Å². The molecule has 7 heteroatoms. The highest BCUT2D eigenvalue weighted by molar-refractivity contribution is 7.90. The predicted octanol–water partition coefficient (Wildman–Crippen LogP) is 10.5. The molecule has 0 fully saturated rings. The zero-order chi connectivity index (χ0) is 33.1. The molecule has 0 aliphatic carbocycles. The minimum absolute atomic E-state index is 0.106. The Balaban J connectivity index is 1.28. The van der Waals surface area contributed by atoms with Gasteiger partial charge in [-0.2, -0.15) is 0 Å². The summed E-state index contributed by atoms with van der Waals surface area (Å²) in [5, 5.41) is 7.24. The van der Waals surface area contributed by atoms with Gasteiger partial charge in [0.05, 0.1) is 16.1 Å². The van der Waals surface area contributed by atoms with E-state index in [1.54, 1.807) is 23.5 Å². The van der Waals surface area contributed by atoms with Crippen molar-refractivity contribution < 1.29 is 8.42 Å². The molecule has 1 aliphatic heterocycles. The van der Waals surface area contributed by atoms with Crippen LogP contribution in [0.2, 0.25) is 0 Å². The summed E-state index contributed by atoms with van der Waals surface area (Å²) < 4.78 is 31.4.